The molecule has 106 valence electrons. The second-order valence-electron chi connectivity index (χ2n) is 5.41. The summed E-state index contributed by atoms with van der Waals surface area (Å²) in [5.41, 5.74) is 6.81. The molecule has 0 radical (unpaired) electrons. The van der Waals surface area contributed by atoms with E-state index in [2.05, 4.69) is 15.9 Å². The molecule has 2 unspecified atom stereocenters. The first kappa shape index (κ1) is 15.0. The molecule has 0 heterocycles. The molecular formula is C15H22BrNO2. The van der Waals surface area contributed by atoms with Gasteiger partial charge in [-0.25, -0.2) is 0 Å². The number of aliphatic hydroxyl groups excluding tert-OH is 1. The van der Waals surface area contributed by atoms with Crippen LogP contribution in [0.4, 0.5) is 0 Å². The summed E-state index contributed by atoms with van der Waals surface area (Å²) in [4.78, 5) is 0. The minimum Gasteiger partial charge on any atom is -0.392 e. The van der Waals surface area contributed by atoms with Crippen LogP contribution in [0, 0.1) is 0 Å². The zero-order valence-corrected chi connectivity index (χ0v) is 12.9. The minimum atomic E-state index is -0.459. The number of rotatable bonds is 6. The van der Waals surface area contributed by atoms with Crippen LogP contribution in [0.5, 0.6) is 0 Å². The quantitative estimate of drug-likeness (QED) is 0.844. The van der Waals surface area contributed by atoms with E-state index in [1.54, 1.807) is 7.11 Å². The highest BCUT2D eigenvalue weighted by Gasteiger charge is 2.40. The van der Waals surface area contributed by atoms with Gasteiger partial charge in [-0.1, -0.05) is 28.1 Å². The fourth-order valence-corrected chi connectivity index (χ4v) is 3.26. The molecule has 1 aliphatic carbocycles. The van der Waals surface area contributed by atoms with Gasteiger partial charge >= 0.3 is 0 Å². The first-order valence-electron chi connectivity index (χ1n) is 6.79. The standard InChI is InChI=1S/C15H22BrNO2/c1-19-15(6-3-7-15)9-14(18)13(10-17)11-4-2-5-12(16)8-11/h2,4-5,8,13-14,18H,3,6-7,9-10,17H2,1H3. The summed E-state index contributed by atoms with van der Waals surface area (Å²) in [5, 5.41) is 10.5. The largest absolute Gasteiger partial charge is 0.392 e. The van der Waals surface area contributed by atoms with Gasteiger partial charge in [-0.05, 0) is 37.0 Å². The van der Waals surface area contributed by atoms with Crippen LogP contribution < -0.4 is 5.73 Å². The van der Waals surface area contributed by atoms with Crippen molar-refractivity contribution in [3.63, 3.8) is 0 Å². The van der Waals surface area contributed by atoms with Crippen LogP contribution in [0.3, 0.4) is 0 Å². The lowest BCUT2D eigenvalue weighted by Gasteiger charge is -2.43. The van der Waals surface area contributed by atoms with Gasteiger partial charge in [0.05, 0.1) is 11.7 Å². The molecular weight excluding hydrogens is 306 g/mol. The monoisotopic (exact) mass is 327 g/mol. The maximum absolute atomic E-state index is 10.5. The minimum absolute atomic E-state index is 0.0369. The van der Waals surface area contributed by atoms with E-state index in [0.717, 1.165) is 22.9 Å². The molecule has 2 rings (SSSR count). The third kappa shape index (κ3) is 3.37. The Kier molecular flexibility index (Phi) is 5.01. The zero-order chi connectivity index (χ0) is 13.9. The van der Waals surface area contributed by atoms with Crippen molar-refractivity contribution < 1.29 is 9.84 Å². The molecule has 1 saturated carbocycles. The summed E-state index contributed by atoms with van der Waals surface area (Å²) >= 11 is 3.46. The molecule has 1 aromatic rings. The molecule has 1 fully saturated rings. The number of hydrogen-bond acceptors (Lipinski definition) is 3. The van der Waals surface area contributed by atoms with Gasteiger partial charge in [0.2, 0.25) is 0 Å². The van der Waals surface area contributed by atoms with Gasteiger partial charge in [0, 0.05) is 30.5 Å². The average Bonchev–Trinajstić information content (AvgIpc) is 2.35. The molecule has 19 heavy (non-hydrogen) atoms. The maximum atomic E-state index is 10.5. The van der Waals surface area contributed by atoms with Crippen molar-refractivity contribution in [2.45, 2.75) is 43.3 Å². The topological polar surface area (TPSA) is 55.5 Å². The highest BCUT2D eigenvalue weighted by atomic mass is 79.9. The van der Waals surface area contributed by atoms with E-state index < -0.39 is 6.10 Å². The Labute approximate surface area is 123 Å². The molecule has 4 heteroatoms. The second kappa shape index (κ2) is 6.35. The molecule has 0 aromatic heterocycles. The number of benzene rings is 1. The molecule has 1 aromatic carbocycles. The van der Waals surface area contributed by atoms with Crippen LogP contribution in [-0.2, 0) is 4.74 Å². The predicted molar refractivity (Wildman–Crippen MR) is 80.2 cm³/mol. The first-order chi connectivity index (χ1) is 9.10. The highest BCUT2D eigenvalue weighted by molar-refractivity contribution is 9.10. The Balaban J connectivity index is 2.08. The molecule has 0 aliphatic heterocycles. The second-order valence-corrected chi connectivity index (χ2v) is 6.33. The van der Waals surface area contributed by atoms with Gasteiger partial charge in [-0.3, -0.25) is 0 Å². The fraction of sp³-hybridized carbons (Fsp3) is 0.600. The highest BCUT2D eigenvalue weighted by Crippen LogP contribution is 2.41. The molecule has 0 spiro atoms. The zero-order valence-electron chi connectivity index (χ0n) is 11.3. The Hall–Kier alpha value is -0.420. The van der Waals surface area contributed by atoms with Crippen molar-refractivity contribution >= 4 is 15.9 Å². The molecule has 3 nitrogen and oxygen atoms in total. The van der Waals surface area contributed by atoms with Crippen molar-refractivity contribution in [2.24, 2.45) is 5.73 Å². The van der Waals surface area contributed by atoms with Gasteiger partial charge in [0.25, 0.3) is 0 Å². The Morgan fingerprint density at radius 1 is 1.47 bits per heavy atom. The summed E-state index contributed by atoms with van der Waals surface area (Å²) in [6.07, 6.45) is 3.47. The normalized spacial score (nSPS) is 20.6. The van der Waals surface area contributed by atoms with E-state index in [0.29, 0.717) is 13.0 Å². The SMILES string of the molecule is COC1(CC(O)C(CN)c2cccc(Br)c2)CCC1. The van der Waals surface area contributed by atoms with Gasteiger partial charge in [0.15, 0.2) is 0 Å². The van der Waals surface area contributed by atoms with Crippen molar-refractivity contribution in [1.82, 2.24) is 0 Å². The lowest BCUT2D eigenvalue weighted by atomic mass is 9.73. The summed E-state index contributed by atoms with van der Waals surface area (Å²) in [7, 11) is 1.74. The van der Waals surface area contributed by atoms with Crippen molar-refractivity contribution in [3.05, 3.63) is 34.3 Å². The summed E-state index contributed by atoms with van der Waals surface area (Å²) in [6, 6.07) is 8.00. The Morgan fingerprint density at radius 3 is 2.68 bits per heavy atom. The third-order valence-corrected chi connectivity index (χ3v) is 4.77. The summed E-state index contributed by atoms with van der Waals surface area (Å²) < 4.78 is 6.60. The van der Waals surface area contributed by atoms with Crippen molar-refractivity contribution in [3.8, 4) is 0 Å². The van der Waals surface area contributed by atoms with Crippen LogP contribution in [0.1, 0.15) is 37.2 Å². The molecule has 0 amide bonds. The van der Waals surface area contributed by atoms with E-state index in [1.165, 1.54) is 6.42 Å². The van der Waals surface area contributed by atoms with Gasteiger partial charge < -0.3 is 15.6 Å². The van der Waals surface area contributed by atoms with E-state index >= 15 is 0 Å². The smallest absolute Gasteiger partial charge is 0.0703 e. The van der Waals surface area contributed by atoms with E-state index in [-0.39, 0.29) is 11.5 Å². The van der Waals surface area contributed by atoms with E-state index in [9.17, 15) is 5.11 Å². The average molecular weight is 328 g/mol. The van der Waals surface area contributed by atoms with E-state index in [4.69, 9.17) is 10.5 Å². The number of halogens is 1. The molecule has 2 atom stereocenters. The molecule has 1 aliphatic rings. The fourth-order valence-electron chi connectivity index (χ4n) is 2.84. The predicted octanol–water partition coefficient (Wildman–Crippen LogP) is 2.81. The van der Waals surface area contributed by atoms with Gasteiger partial charge in [-0.2, -0.15) is 0 Å². The number of aliphatic hydroxyl groups is 1. The van der Waals surface area contributed by atoms with Crippen molar-refractivity contribution in [2.75, 3.05) is 13.7 Å². The number of ether oxygens (including phenoxy) is 1. The summed E-state index contributed by atoms with van der Waals surface area (Å²) in [5.74, 6) is -0.0369. The number of methoxy groups -OCH3 is 1. The van der Waals surface area contributed by atoms with Crippen LogP contribution >= 0.6 is 15.9 Å². The lowest BCUT2D eigenvalue weighted by molar-refractivity contribution is -0.102. The maximum Gasteiger partial charge on any atom is 0.0703 e. The lowest BCUT2D eigenvalue weighted by Crippen LogP contribution is -2.44. The Morgan fingerprint density at radius 2 is 2.21 bits per heavy atom. The summed E-state index contributed by atoms with van der Waals surface area (Å²) in [6.45, 7) is 0.442. The molecule has 3 N–H and O–H groups in total. The van der Waals surface area contributed by atoms with Crippen LogP contribution in [0.2, 0.25) is 0 Å². The number of hydrogen-bond donors (Lipinski definition) is 2. The van der Waals surface area contributed by atoms with Crippen LogP contribution in [-0.4, -0.2) is 30.5 Å². The van der Waals surface area contributed by atoms with E-state index in [1.807, 2.05) is 24.3 Å². The van der Waals surface area contributed by atoms with Crippen LogP contribution in [0.15, 0.2) is 28.7 Å². The Bertz CT molecular complexity index is 415. The molecule has 0 saturated heterocycles. The van der Waals surface area contributed by atoms with Crippen LogP contribution in [0.25, 0.3) is 0 Å². The first-order valence-corrected chi connectivity index (χ1v) is 7.58. The van der Waals surface area contributed by atoms with Gasteiger partial charge in [0.1, 0.15) is 0 Å². The van der Waals surface area contributed by atoms with Crippen molar-refractivity contribution in [1.29, 1.82) is 0 Å². The molecule has 0 bridgehead atoms. The number of nitrogens with two attached hydrogens (primary N) is 1. The van der Waals surface area contributed by atoms with Gasteiger partial charge in [-0.15, -0.1) is 0 Å². The third-order valence-electron chi connectivity index (χ3n) is 4.27.